The SMILES string of the molecule is CCN(Cc1ccncc1)C(=O)Oc1c(F)cc(F)cc1C(=O)Nc1ncc(CS(C)=O)s1. The fourth-order valence-corrected chi connectivity index (χ4v) is 4.61. The van der Waals surface area contributed by atoms with Gasteiger partial charge in [0.05, 0.1) is 11.3 Å². The summed E-state index contributed by atoms with van der Waals surface area (Å²) in [5, 5.41) is 2.58. The predicted molar refractivity (Wildman–Crippen MR) is 121 cm³/mol. The predicted octanol–water partition coefficient (Wildman–Crippen LogP) is 3.97. The van der Waals surface area contributed by atoms with E-state index in [0.29, 0.717) is 10.9 Å². The maximum Gasteiger partial charge on any atom is 0.415 e. The van der Waals surface area contributed by atoms with Gasteiger partial charge in [-0.25, -0.2) is 18.6 Å². The van der Waals surface area contributed by atoms with E-state index in [1.807, 2.05) is 0 Å². The van der Waals surface area contributed by atoms with Crippen molar-refractivity contribution in [1.82, 2.24) is 14.9 Å². The fraction of sp³-hybridized carbons (Fsp3) is 0.238. The Bertz CT molecular complexity index is 1170. The van der Waals surface area contributed by atoms with E-state index < -0.39 is 45.7 Å². The molecule has 0 aliphatic heterocycles. The maximum absolute atomic E-state index is 14.5. The molecule has 12 heteroatoms. The molecule has 2 aromatic heterocycles. The number of amides is 2. The van der Waals surface area contributed by atoms with E-state index in [-0.39, 0.29) is 24.0 Å². The molecule has 1 N–H and O–H groups in total. The van der Waals surface area contributed by atoms with Crippen molar-refractivity contribution in [1.29, 1.82) is 0 Å². The minimum atomic E-state index is -1.20. The molecule has 0 saturated heterocycles. The Balaban J connectivity index is 1.81. The number of anilines is 1. The summed E-state index contributed by atoms with van der Waals surface area (Å²) in [5.74, 6) is -3.56. The molecule has 0 aliphatic carbocycles. The van der Waals surface area contributed by atoms with Gasteiger partial charge in [0.2, 0.25) is 0 Å². The third-order valence-electron chi connectivity index (χ3n) is 4.32. The van der Waals surface area contributed by atoms with Crippen LogP contribution < -0.4 is 10.1 Å². The van der Waals surface area contributed by atoms with Gasteiger partial charge in [0.1, 0.15) is 5.82 Å². The lowest BCUT2D eigenvalue weighted by Gasteiger charge is -2.21. The topological polar surface area (TPSA) is 101 Å². The number of hydrogen-bond acceptors (Lipinski definition) is 7. The van der Waals surface area contributed by atoms with Gasteiger partial charge in [0.15, 0.2) is 16.7 Å². The zero-order valence-corrected chi connectivity index (χ0v) is 19.3. The first-order valence-corrected chi connectivity index (χ1v) is 12.2. The van der Waals surface area contributed by atoms with E-state index in [9.17, 15) is 22.6 Å². The van der Waals surface area contributed by atoms with Gasteiger partial charge < -0.3 is 9.64 Å². The smallest absolute Gasteiger partial charge is 0.406 e. The number of nitrogens with one attached hydrogen (secondary N) is 1. The summed E-state index contributed by atoms with van der Waals surface area (Å²) >= 11 is 1.08. The summed E-state index contributed by atoms with van der Waals surface area (Å²) in [6.45, 7) is 2.12. The average Bonchev–Trinajstić information content (AvgIpc) is 3.20. The number of nitrogens with zero attached hydrogens (tertiary/aromatic N) is 3. The summed E-state index contributed by atoms with van der Waals surface area (Å²) in [7, 11) is -1.10. The van der Waals surface area contributed by atoms with E-state index in [1.165, 1.54) is 17.4 Å². The van der Waals surface area contributed by atoms with E-state index in [1.54, 1.807) is 31.5 Å². The molecule has 1 atom stereocenters. The molecule has 3 rings (SSSR count). The van der Waals surface area contributed by atoms with Crippen LogP contribution in [0.15, 0.2) is 42.9 Å². The van der Waals surface area contributed by atoms with E-state index in [0.717, 1.165) is 23.0 Å². The van der Waals surface area contributed by atoms with Crippen LogP contribution in [0.1, 0.15) is 27.7 Å². The number of pyridine rings is 1. The zero-order chi connectivity index (χ0) is 24.0. The Kier molecular flexibility index (Phi) is 8.17. The highest BCUT2D eigenvalue weighted by Crippen LogP contribution is 2.27. The minimum absolute atomic E-state index is 0.148. The van der Waals surface area contributed by atoms with Crippen molar-refractivity contribution in [2.24, 2.45) is 0 Å². The largest absolute Gasteiger partial charge is 0.415 e. The lowest BCUT2D eigenvalue weighted by Crippen LogP contribution is -2.33. The number of carbonyl (C=O) groups excluding carboxylic acids is 2. The molecule has 0 fully saturated rings. The summed E-state index contributed by atoms with van der Waals surface area (Å²) in [6.07, 6.45) is 5.21. The zero-order valence-electron chi connectivity index (χ0n) is 17.7. The lowest BCUT2D eigenvalue weighted by atomic mass is 10.1. The van der Waals surface area contributed by atoms with Crippen molar-refractivity contribution in [3.63, 3.8) is 0 Å². The number of carbonyl (C=O) groups is 2. The van der Waals surface area contributed by atoms with Gasteiger partial charge in [-0.1, -0.05) is 0 Å². The van der Waals surface area contributed by atoms with Crippen LogP contribution in [0.4, 0.5) is 18.7 Å². The molecule has 3 aromatic rings. The van der Waals surface area contributed by atoms with E-state index in [4.69, 9.17) is 4.74 Å². The molecule has 0 radical (unpaired) electrons. The van der Waals surface area contributed by atoms with Gasteiger partial charge in [-0.05, 0) is 30.7 Å². The Labute approximate surface area is 195 Å². The van der Waals surface area contributed by atoms with Crippen LogP contribution in [0.25, 0.3) is 0 Å². The van der Waals surface area contributed by atoms with Crippen LogP contribution in [-0.4, -0.2) is 43.9 Å². The molecule has 0 bridgehead atoms. The summed E-state index contributed by atoms with van der Waals surface area (Å²) in [6, 6.07) is 4.72. The monoisotopic (exact) mass is 494 g/mol. The average molecular weight is 495 g/mol. The van der Waals surface area contributed by atoms with Gasteiger partial charge in [-0.15, -0.1) is 11.3 Å². The molecule has 0 spiro atoms. The Morgan fingerprint density at radius 3 is 2.64 bits per heavy atom. The van der Waals surface area contributed by atoms with Crippen molar-refractivity contribution < 1.29 is 27.3 Å². The summed E-state index contributed by atoms with van der Waals surface area (Å²) in [4.78, 5) is 35.3. The molecular formula is C21H20F2N4O4S2. The summed E-state index contributed by atoms with van der Waals surface area (Å²) in [5.41, 5.74) is 0.269. The fourth-order valence-electron chi connectivity index (χ4n) is 2.80. The van der Waals surface area contributed by atoms with Crippen molar-refractivity contribution in [3.05, 3.63) is 70.5 Å². The molecule has 2 amide bonds. The van der Waals surface area contributed by atoms with Crippen LogP contribution in [0.5, 0.6) is 5.75 Å². The highest BCUT2D eigenvalue weighted by molar-refractivity contribution is 7.83. The van der Waals surface area contributed by atoms with E-state index >= 15 is 0 Å². The molecular weight excluding hydrogens is 474 g/mol. The molecule has 33 heavy (non-hydrogen) atoms. The van der Waals surface area contributed by atoms with Gasteiger partial charge in [0.25, 0.3) is 5.91 Å². The Morgan fingerprint density at radius 2 is 1.97 bits per heavy atom. The van der Waals surface area contributed by atoms with Gasteiger partial charge in [-0.2, -0.15) is 0 Å². The molecule has 2 heterocycles. The number of thiazole rings is 1. The molecule has 1 unspecified atom stereocenters. The molecule has 0 saturated carbocycles. The minimum Gasteiger partial charge on any atom is -0.406 e. The first-order valence-electron chi connectivity index (χ1n) is 9.67. The molecule has 8 nitrogen and oxygen atoms in total. The Hall–Kier alpha value is -3.25. The van der Waals surface area contributed by atoms with Crippen LogP contribution in [0.2, 0.25) is 0 Å². The van der Waals surface area contributed by atoms with Crippen LogP contribution in [0, 0.1) is 11.6 Å². The number of benzene rings is 1. The third-order valence-corrected chi connectivity index (χ3v) is 6.14. The normalized spacial score (nSPS) is 11.6. The number of ether oxygens (including phenoxy) is 1. The van der Waals surface area contributed by atoms with Crippen LogP contribution >= 0.6 is 11.3 Å². The second-order valence-corrected chi connectivity index (χ2v) is 9.36. The first kappa shape index (κ1) is 24.4. The second kappa shape index (κ2) is 11.1. The molecule has 1 aromatic carbocycles. The maximum atomic E-state index is 14.5. The third kappa shape index (κ3) is 6.62. The van der Waals surface area contributed by atoms with Crippen molar-refractivity contribution in [2.75, 3.05) is 18.1 Å². The van der Waals surface area contributed by atoms with Crippen molar-refractivity contribution >= 4 is 39.3 Å². The Morgan fingerprint density at radius 1 is 1.24 bits per heavy atom. The molecule has 174 valence electrons. The number of hydrogen-bond donors (Lipinski definition) is 1. The van der Waals surface area contributed by atoms with Crippen molar-refractivity contribution in [2.45, 2.75) is 19.2 Å². The highest BCUT2D eigenvalue weighted by atomic mass is 32.2. The quantitative estimate of drug-likeness (QED) is 0.509. The standard InChI is InChI=1S/C21H20F2N4O4S2/c1-3-27(11-13-4-6-24-7-5-13)21(29)31-18-16(8-14(22)9-17(18)23)19(28)26-20-25-10-15(32-20)12-33(2)30/h4-10H,3,11-12H2,1-2H3,(H,25,26,28). The number of aromatic nitrogens is 2. The van der Waals surface area contributed by atoms with Crippen molar-refractivity contribution in [3.8, 4) is 5.75 Å². The first-order chi connectivity index (χ1) is 15.8. The van der Waals surface area contributed by atoms with Crippen LogP contribution in [0.3, 0.4) is 0 Å². The number of rotatable bonds is 8. The van der Waals surface area contributed by atoms with E-state index in [2.05, 4.69) is 15.3 Å². The van der Waals surface area contributed by atoms with Crippen LogP contribution in [-0.2, 0) is 23.1 Å². The summed E-state index contributed by atoms with van der Waals surface area (Å²) < 4.78 is 45.0. The second-order valence-electron chi connectivity index (χ2n) is 6.81. The van der Waals surface area contributed by atoms with Gasteiger partial charge in [-0.3, -0.25) is 19.3 Å². The lowest BCUT2D eigenvalue weighted by molar-refractivity contribution is 0.102. The number of halogens is 2. The van der Waals surface area contributed by atoms with Gasteiger partial charge >= 0.3 is 6.09 Å². The van der Waals surface area contributed by atoms with Gasteiger partial charge in [0, 0.05) is 59.7 Å². The molecule has 0 aliphatic rings. The highest BCUT2D eigenvalue weighted by Gasteiger charge is 2.24.